The first kappa shape index (κ1) is 21.0. The van der Waals surface area contributed by atoms with Crippen molar-refractivity contribution in [2.45, 2.75) is 18.4 Å². The summed E-state index contributed by atoms with van der Waals surface area (Å²) in [5.74, 6) is 0.846. The lowest BCUT2D eigenvalue weighted by molar-refractivity contribution is 0.0950. The fourth-order valence-electron chi connectivity index (χ4n) is 3.10. The van der Waals surface area contributed by atoms with Crippen LogP contribution in [0.5, 0.6) is 11.5 Å². The van der Waals surface area contributed by atoms with E-state index in [1.165, 1.54) is 18.2 Å². The molecule has 0 aromatic heterocycles. The molecule has 0 radical (unpaired) electrons. The molecule has 0 saturated heterocycles. The maximum absolute atomic E-state index is 12.8. The number of hydrogen-bond donors (Lipinski definition) is 2. The van der Waals surface area contributed by atoms with Gasteiger partial charge in [-0.25, -0.2) is 8.42 Å². The lowest BCUT2D eigenvalue weighted by Gasteiger charge is -2.12. The van der Waals surface area contributed by atoms with E-state index in [4.69, 9.17) is 21.1 Å². The van der Waals surface area contributed by atoms with Crippen molar-refractivity contribution in [2.75, 3.05) is 11.5 Å². The first-order chi connectivity index (χ1) is 14.8. The van der Waals surface area contributed by atoms with Gasteiger partial charge in [0.25, 0.3) is 15.9 Å². The number of ether oxygens (including phenoxy) is 2. The van der Waals surface area contributed by atoms with Crippen LogP contribution in [-0.4, -0.2) is 21.1 Å². The number of nitrogens with one attached hydrogen (secondary N) is 2. The Morgan fingerprint density at radius 3 is 2.65 bits per heavy atom. The molecule has 160 valence electrons. The van der Waals surface area contributed by atoms with Gasteiger partial charge in [-0.2, -0.15) is 0 Å². The van der Waals surface area contributed by atoms with E-state index < -0.39 is 15.9 Å². The molecular formula is C22H19ClN2O5S. The van der Waals surface area contributed by atoms with Gasteiger partial charge in [-0.05, 0) is 60.5 Å². The van der Waals surface area contributed by atoms with Crippen LogP contribution in [0.1, 0.15) is 21.5 Å². The third-order valence-electron chi connectivity index (χ3n) is 4.64. The quantitative estimate of drug-likeness (QED) is 0.579. The van der Waals surface area contributed by atoms with Crippen molar-refractivity contribution in [3.05, 3.63) is 82.4 Å². The normalized spacial score (nSPS) is 12.5. The third kappa shape index (κ3) is 4.76. The predicted octanol–water partition coefficient (Wildman–Crippen LogP) is 4.11. The zero-order chi connectivity index (χ0) is 22.0. The van der Waals surface area contributed by atoms with E-state index in [-0.39, 0.29) is 28.8 Å². The van der Waals surface area contributed by atoms with E-state index in [2.05, 4.69) is 10.0 Å². The molecule has 0 fully saturated rings. The number of sulfonamides is 1. The molecule has 3 aromatic rings. The Balaban J connectivity index is 1.50. The molecule has 0 spiro atoms. The number of fused-ring (bicyclic) bond motifs is 1. The highest BCUT2D eigenvalue weighted by Gasteiger charge is 2.21. The number of hydrogen-bond acceptors (Lipinski definition) is 5. The average Bonchev–Trinajstić information content (AvgIpc) is 3.20. The molecule has 0 unspecified atom stereocenters. The summed E-state index contributed by atoms with van der Waals surface area (Å²) in [7, 11) is -3.98. The van der Waals surface area contributed by atoms with E-state index in [1.54, 1.807) is 30.3 Å². The van der Waals surface area contributed by atoms with Crippen LogP contribution in [0, 0.1) is 6.92 Å². The summed E-state index contributed by atoms with van der Waals surface area (Å²) in [6.45, 7) is 2.27. The number of anilines is 1. The Morgan fingerprint density at radius 1 is 1.03 bits per heavy atom. The van der Waals surface area contributed by atoms with Gasteiger partial charge in [-0.3, -0.25) is 9.52 Å². The number of aryl methyl sites for hydroxylation is 1. The van der Waals surface area contributed by atoms with Crippen LogP contribution in [0.2, 0.25) is 5.02 Å². The summed E-state index contributed by atoms with van der Waals surface area (Å²) in [6, 6.07) is 16.4. The molecule has 0 bridgehead atoms. The predicted molar refractivity (Wildman–Crippen MR) is 117 cm³/mol. The Bertz CT molecular complexity index is 1260. The van der Waals surface area contributed by atoms with Gasteiger partial charge in [-0.1, -0.05) is 29.8 Å². The molecule has 7 nitrogen and oxygen atoms in total. The molecule has 1 aliphatic heterocycles. The average molecular weight is 459 g/mol. The van der Waals surface area contributed by atoms with Gasteiger partial charge in [0.1, 0.15) is 4.90 Å². The van der Waals surface area contributed by atoms with E-state index >= 15 is 0 Å². The van der Waals surface area contributed by atoms with E-state index in [0.29, 0.717) is 17.2 Å². The van der Waals surface area contributed by atoms with Crippen molar-refractivity contribution < 1.29 is 22.7 Å². The molecule has 0 saturated carbocycles. The second kappa shape index (κ2) is 8.49. The number of amides is 1. The van der Waals surface area contributed by atoms with Gasteiger partial charge in [0.2, 0.25) is 6.79 Å². The van der Waals surface area contributed by atoms with E-state index in [9.17, 15) is 13.2 Å². The van der Waals surface area contributed by atoms with Crippen molar-refractivity contribution in [2.24, 2.45) is 0 Å². The van der Waals surface area contributed by atoms with Gasteiger partial charge < -0.3 is 14.8 Å². The van der Waals surface area contributed by atoms with Crippen LogP contribution >= 0.6 is 11.6 Å². The largest absolute Gasteiger partial charge is 0.454 e. The molecule has 0 aliphatic carbocycles. The Labute approximate surface area is 185 Å². The SMILES string of the molecule is Cc1cccc(NS(=O)(=O)c2cc(C(=O)NCc3ccc4c(c3)OCO4)ccc2Cl)c1. The Morgan fingerprint density at radius 2 is 1.84 bits per heavy atom. The zero-order valence-corrected chi connectivity index (χ0v) is 18.1. The second-order valence-electron chi connectivity index (χ2n) is 6.99. The van der Waals surface area contributed by atoms with Gasteiger partial charge >= 0.3 is 0 Å². The van der Waals surface area contributed by atoms with E-state index in [0.717, 1.165) is 11.1 Å². The van der Waals surface area contributed by atoms with Crippen molar-refractivity contribution in [3.63, 3.8) is 0 Å². The topological polar surface area (TPSA) is 93.7 Å². The van der Waals surface area contributed by atoms with Crippen LogP contribution in [0.25, 0.3) is 0 Å². The minimum Gasteiger partial charge on any atom is -0.454 e. The van der Waals surface area contributed by atoms with Crippen LogP contribution in [0.15, 0.2) is 65.6 Å². The van der Waals surface area contributed by atoms with Gasteiger partial charge in [-0.15, -0.1) is 0 Å². The number of rotatable bonds is 6. The summed E-state index contributed by atoms with van der Waals surface area (Å²) in [5.41, 5.74) is 2.31. The maximum Gasteiger partial charge on any atom is 0.263 e. The molecule has 3 aromatic carbocycles. The number of benzene rings is 3. The van der Waals surface area contributed by atoms with Crippen molar-refractivity contribution in [1.29, 1.82) is 0 Å². The first-order valence-electron chi connectivity index (χ1n) is 9.37. The lowest BCUT2D eigenvalue weighted by atomic mass is 10.1. The summed E-state index contributed by atoms with van der Waals surface area (Å²) in [4.78, 5) is 12.4. The third-order valence-corrected chi connectivity index (χ3v) is 6.51. The highest BCUT2D eigenvalue weighted by molar-refractivity contribution is 7.92. The highest BCUT2D eigenvalue weighted by Crippen LogP contribution is 2.32. The molecule has 31 heavy (non-hydrogen) atoms. The minimum atomic E-state index is -3.98. The second-order valence-corrected chi connectivity index (χ2v) is 9.05. The van der Waals surface area contributed by atoms with Gasteiger partial charge in [0.05, 0.1) is 5.02 Å². The Kier molecular flexibility index (Phi) is 5.75. The number of halogens is 1. The summed E-state index contributed by atoms with van der Waals surface area (Å²) < 4.78 is 38.8. The zero-order valence-electron chi connectivity index (χ0n) is 16.5. The van der Waals surface area contributed by atoms with Crippen LogP contribution in [-0.2, 0) is 16.6 Å². The van der Waals surface area contributed by atoms with Crippen LogP contribution < -0.4 is 19.5 Å². The number of carbonyl (C=O) groups is 1. The summed E-state index contributed by atoms with van der Waals surface area (Å²) >= 11 is 6.13. The molecule has 9 heteroatoms. The molecule has 1 heterocycles. The lowest BCUT2D eigenvalue weighted by Crippen LogP contribution is -2.23. The smallest absolute Gasteiger partial charge is 0.263 e. The molecule has 4 rings (SSSR count). The molecule has 0 atom stereocenters. The first-order valence-corrected chi connectivity index (χ1v) is 11.2. The fourth-order valence-corrected chi connectivity index (χ4v) is 4.68. The minimum absolute atomic E-state index is 0.0208. The van der Waals surface area contributed by atoms with Crippen molar-refractivity contribution >= 4 is 33.2 Å². The van der Waals surface area contributed by atoms with E-state index in [1.807, 2.05) is 19.1 Å². The monoisotopic (exact) mass is 458 g/mol. The van der Waals surface area contributed by atoms with Crippen LogP contribution in [0.3, 0.4) is 0 Å². The van der Waals surface area contributed by atoms with Crippen LogP contribution in [0.4, 0.5) is 5.69 Å². The molecule has 1 aliphatic rings. The van der Waals surface area contributed by atoms with Crippen molar-refractivity contribution in [1.82, 2.24) is 5.32 Å². The van der Waals surface area contributed by atoms with Crippen molar-refractivity contribution in [3.8, 4) is 11.5 Å². The van der Waals surface area contributed by atoms with Gasteiger partial charge in [0, 0.05) is 17.8 Å². The molecular weight excluding hydrogens is 440 g/mol. The fraction of sp³-hybridized carbons (Fsp3) is 0.136. The number of carbonyl (C=O) groups excluding carboxylic acids is 1. The Hall–Kier alpha value is -3.23. The molecule has 1 amide bonds. The molecule has 2 N–H and O–H groups in total. The maximum atomic E-state index is 12.8. The standard InChI is InChI=1S/C22H19ClN2O5S/c1-14-3-2-4-17(9-14)25-31(27,28)21-11-16(6-7-18(21)23)22(26)24-12-15-5-8-19-20(10-15)30-13-29-19/h2-11,25H,12-13H2,1H3,(H,24,26). The summed E-state index contributed by atoms with van der Waals surface area (Å²) in [6.07, 6.45) is 0. The van der Waals surface area contributed by atoms with Gasteiger partial charge in [0.15, 0.2) is 11.5 Å². The highest BCUT2D eigenvalue weighted by atomic mass is 35.5. The summed E-state index contributed by atoms with van der Waals surface area (Å²) in [5, 5.41) is 2.79.